The lowest BCUT2D eigenvalue weighted by Crippen LogP contribution is -2.30. The molecule has 0 heterocycles. The number of carbonyl (C=O) groups excluding carboxylic acids is 4. The van der Waals surface area contributed by atoms with E-state index in [4.69, 9.17) is 37.0 Å². The van der Waals surface area contributed by atoms with E-state index in [1.54, 1.807) is 0 Å². The summed E-state index contributed by atoms with van der Waals surface area (Å²) in [4.78, 5) is 72.7. The standard InChI is InChI=1S/C75H142O17P2/c1-5-9-13-17-21-25-28-31-34-36-39-42-46-50-54-58-62-75(80)92-71(66-86-73(78)60-56-52-48-44-40-38-35-32-29-26-22-18-14-10-6-2)68-90-94(83,84)88-64-69(76)63-87-93(81,82)89-67-70(65-85-72(77)59-55-51-47-43-24-20-16-12-8-4)91-74(79)61-57-53-49-45-41-37-33-30-27-23-19-15-11-7-3/h26,29,32,35,69-71,76H,5-25,27-28,30-31,33-34,36-68H2,1-4H3,(H,81,82)(H,83,84)/b29-26-,35-32-/t69-,70+,71+/m0/s1. The Hall–Kier alpha value is -2.46. The maximum Gasteiger partial charge on any atom is 0.472 e. The minimum atomic E-state index is -4.96. The zero-order valence-corrected chi connectivity index (χ0v) is 62.2. The molecule has 0 aromatic rings. The number of rotatable bonds is 74. The first-order valence-electron chi connectivity index (χ1n) is 38.6. The van der Waals surface area contributed by atoms with Gasteiger partial charge in [0.1, 0.15) is 19.3 Å². The predicted octanol–water partition coefficient (Wildman–Crippen LogP) is 21.8. The normalized spacial score (nSPS) is 14.1. The van der Waals surface area contributed by atoms with Gasteiger partial charge >= 0.3 is 39.5 Å². The summed E-state index contributed by atoms with van der Waals surface area (Å²) >= 11 is 0. The fourth-order valence-electron chi connectivity index (χ4n) is 11.0. The van der Waals surface area contributed by atoms with Gasteiger partial charge in [0, 0.05) is 25.7 Å². The summed E-state index contributed by atoms with van der Waals surface area (Å²) in [6.45, 7) is 4.91. The molecule has 0 aliphatic carbocycles. The molecule has 94 heavy (non-hydrogen) atoms. The van der Waals surface area contributed by atoms with Crippen molar-refractivity contribution in [2.45, 2.75) is 393 Å². The van der Waals surface area contributed by atoms with Crippen molar-refractivity contribution in [3.05, 3.63) is 24.3 Å². The highest BCUT2D eigenvalue weighted by molar-refractivity contribution is 7.47. The Kier molecular flexibility index (Phi) is 67.2. The van der Waals surface area contributed by atoms with E-state index in [9.17, 15) is 43.2 Å². The lowest BCUT2D eigenvalue weighted by atomic mass is 10.0. The number of carbonyl (C=O) groups is 4. The van der Waals surface area contributed by atoms with Crippen molar-refractivity contribution in [1.29, 1.82) is 0 Å². The van der Waals surface area contributed by atoms with Crippen molar-refractivity contribution in [1.82, 2.24) is 0 Å². The number of phosphoric acid groups is 2. The first-order valence-corrected chi connectivity index (χ1v) is 41.6. The molecule has 5 atom stereocenters. The molecule has 0 aromatic carbocycles. The number of esters is 4. The molecule has 0 rings (SSSR count). The Balaban J connectivity index is 5.27. The second-order valence-corrected chi connectivity index (χ2v) is 29.3. The molecule has 3 N–H and O–H groups in total. The summed E-state index contributed by atoms with van der Waals surface area (Å²) < 4.78 is 68.4. The number of hydrogen-bond acceptors (Lipinski definition) is 15. The van der Waals surface area contributed by atoms with Crippen LogP contribution in [0.15, 0.2) is 24.3 Å². The predicted molar refractivity (Wildman–Crippen MR) is 381 cm³/mol. The number of aliphatic hydroxyl groups is 1. The molecule has 2 unspecified atom stereocenters. The molecule has 0 aliphatic heterocycles. The van der Waals surface area contributed by atoms with E-state index in [1.165, 1.54) is 186 Å². The van der Waals surface area contributed by atoms with Crippen molar-refractivity contribution in [2.75, 3.05) is 39.6 Å². The quantitative estimate of drug-likeness (QED) is 0.0169. The Morgan fingerprint density at radius 2 is 0.511 bits per heavy atom. The summed E-state index contributed by atoms with van der Waals surface area (Å²) in [6, 6.07) is 0. The van der Waals surface area contributed by atoms with Crippen LogP contribution in [0.25, 0.3) is 0 Å². The van der Waals surface area contributed by atoms with Gasteiger partial charge in [-0.1, -0.05) is 322 Å². The average Bonchev–Trinajstić information content (AvgIpc) is 2.04. The van der Waals surface area contributed by atoms with Crippen LogP contribution in [-0.2, 0) is 65.4 Å². The number of aliphatic hydroxyl groups excluding tert-OH is 1. The Bertz CT molecular complexity index is 1880. The van der Waals surface area contributed by atoms with Gasteiger partial charge in [-0.15, -0.1) is 0 Å². The summed E-state index contributed by atoms with van der Waals surface area (Å²) in [5, 5.41) is 10.6. The van der Waals surface area contributed by atoms with Gasteiger partial charge in [0.15, 0.2) is 12.2 Å². The smallest absolute Gasteiger partial charge is 0.462 e. The highest BCUT2D eigenvalue weighted by Gasteiger charge is 2.30. The van der Waals surface area contributed by atoms with Crippen molar-refractivity contribution in [2.24, 2.45) is 0 Å². The van der Waals surface area contributed by atoms with Crippen LogP contribution in [0.1, 0.15) is 374 Å². The van der Waals surface area contributed by atoms with E-state index in [-0.39, 0.29) is 25.7 Å². The van der Waals surface area contributed by atoms with Gasteiger partial charge in [-0.05, 0) is 51.4 Å². The highest BCUT2D eigenvalue weighted by atomic mass is 31.2. The van der Waals surface area contributed by atoms with Crippen LogP contribution in [0.4, 0.5) is 0 Å². The molecule has 0 aromatic heterocycles. The fraction of sp³-hybridized carbons (Fsp3) is 0.893. The Labute approximate surface area is 573 Å². The van der Waals surface area contributed by atoms with Crippen molar-refractivity contribution < 1.29 is 80.2 Å². The molecule has 554 valence electrons. The fourth-order valence-corrected chi connectivity index (χ4v) is 12.6. The summed E-state index contributed by atoms with van der Waals surface area (Å²) in [5.74, 6) is -2.14. The van der Waals surface area contributed by atoms with E-state index in [1.807, 2.05) is 0 Å². The molecule has 0 saturated heterocycles. The molecule has 17 nitrogen and oxygen atoms in total. The van der Waals surface area contributed by atoms with E-state index in [0.717, 1.165) is 109 Å². The molecule has 0 bridgehead atoms. The third-order valence-corrected chi connectivity index (χ3v) is 18.9. The van der Waals surface area contributed by atoms with Gasteiger partial charge < -0.3 is 33.8 Å². The third-order valence-electron chi connectivity index (χ3n) is 17.0. The van der Waals surface area contributed by atoms with Crippen LogP contribution in [0.2, 0.25) is 0 Å². The highest BCUT2D eigenvalue weighted by Crippen LogP contribution is 2.45. The van der Waals surface area contributed by atoms with Crippen LogP contribution in [0, 0.1) is 0 Å². The lowest BCUT2D eigenvalue weighted by molar-refractivity contribution is -0.161. The molecular formula is C75H142O17P2. The topological polar surface area (TPSA) is 237 Å². The largest absolute Gasteiger partial charge is 0.472 e. The van der Waals surface area contributed by atoms with Crippen LogP contribution in [0.3, 0.4) is 0 Å². The summed E-state index contributed by atoms with van der Waals surface area (Å²) in [6.07, 6.45) is 61.7. The average molecular weight is 1380 g/mol. The third kappa shape index (κ3) is 68.1. The summed E-state index contributed by atoms with van der Waals surface area (Å²) in [5.41, 5.74) is 0. The molecule has 0 radical (unpaired) electrons. The zero-order valence-electron chi connectivity index (χ0n) is 60.4. The van der Waals surface area contributed by atoms with Gasteiger partial charge in [-0.25, -0.2) is 9.13 Å². The molecule has 0 amide bonds. The summed E-state index contributed by atoms with van der Waals surface area (Å²) in [7, 11) is -9.92. The number of hydrogen-bond donors (Lipinski definition) is 3. The number of ether oxygens (including phenoxy) is 4. The molecule has 0 spiro atoms. The maximum absolute atomic E-state index is 13.1. The molecular weight excluding hydrogens is 1230 g/mol. The molecule has 0 fully saturated rings. The van der Waals surface area contributed by atoms with Gasteiger partial charge in [-0.2, -0.15) is 0 Å². The minimum absolute atomic E-state index is 0.102. The molecule has 19 heteroatoms. The van der Waals surface area contributed by atoms with E-state index in [2.05, 4.69) is 52.0 Å². The van der Waals surface area contributed by atoms with Crippen molar-refractivity contribution in [3.63, 3.8) is 0 Å². The number of phosphoric ester groups is 2. The SMILES string of the molecule is CCCCCC/C=C\C=C/CCCCCCCC(=O)OC[C@H](COP(=O)(O)OC[C@@H](O)COP(=O)(O)OC[C@@H](COC(=O)CCCCCCCCCCC)OC(=O)CCCCCCCCCCCCCCCC)OC(=O)CCCCCCCCCCCCCCCCCC. The minimum Gasteiger partial charge on any atom is -0.462 e. The van der Waals surface area contributed by atoms with Crippen LogP contribution in [-0.4, -0.2) is 96.7 Å². The Morgan fingerprint density at radius 3 is 0.777 bits per heavy atom. The van der Waals surface area contributed by atoms with Gasteiger partial charge in [0.25, 0.3) is 0 Å². The second kappa shape index (κ2) is 69.0. The van der Waals surface area contributed by atoms with E-state index >= 15 is 0 Å². The maximum atomic E-state index is 13.1. The Morgan fingerprint density at radius 1 is 0.298 bits per heavy atom. The molecule has 0 aliphatic rings. The van der Waals surface area contributed by atoms with Crippen LogP contribution >= 0.6 is 15.6 Å². The number of allylic oxidation sites excluding steroid dienone is 4. The van der Waals surface area contributed by atoms with Crippen LogP contribution < -0.4 is 0 Å². The number of unbranched alkanes of at least 4 members (excludes halogenated alkanes) is 45. The molecule has 0 saturated carbocycles. The van der Waals surface area contributed by atoms with E-state index < -0.39 is 97.5 Å². The van der Waals surface area contributed by atoms with E-state index in [0.29, 0.717) is 25.7 Å². The van der Waals surface area contributed by atoms with Gasteiger partial charge in [-0.3, -0.25) is 37.3 Å². The monoisotopic (exact) mass is 1380 g/mol. The van der Waals surface area contributed by atoms with Crippen molar-refractivity contribution >= 4 is 39.5 Å². The van der Waals surface area contributed by atoms with Gasteiger partial charge in [0.2, 0.25) is 0 Å². The van der Waals surface area contributed by atoms with Crippen molar-refractivity contribution in [3.8, 4) is 0 Å². The van der Waals surface area contributed by atoms with Gasteiger partial charge in [0.05, 0.1) is 26.4 Å². The first kappa shape index (κ1) is 91.5. The van der Waals surface area contributed by atoms with Crippen LogP contribution in [0.5, 0.6) is 0 Å². The second-order valence-electron chi connectivity index (χ2n) is 26.4. The zero-order chi connectivity index (χ0) is 69.0. The lowest BCUT2D eigenvalue weighted by Gasteiger charge is -2.21. The first-order chi connectivity index (χ1) is 45.7.